The quantitative estimate of drug-likeness (QED) is 0.0595. The van der Waals surface area contributed by atoms with Crippen LogP contribution in [-0.4, -0.2) is 141 Å². The van der Waals surface area contributed by atoms with Gasteiger partial charge in [-0.1, -0.05) is 4.57 Å². The molecule has 26 heteroatoms. The molecular formula is C22H29I2O22P2+. The van der Waals surface area contributed by atoms with Crippen LogP contribution in [0.3, 0.4) is 0 Å². The molecule has 0 spiro atoms. The van der Waals surface area contributed by atoms with Crippen molar-refractivity contribution in [3.05, 3.63) is 0 Å². The molecule has 22 nitrogen and oxygen atoms in total. The fourth-order valence-electron chi connectivity index (χ4n) is 4.32. The van der Waals surface area contributed by atoms with Crippen molar-refractivity contribution in [2.45, 2.75) is 36.2 Å². The zero-order chi connectivity index (χ0) is 39.0. The third kappa shape index (κ3) is 15.6. The first kappa shape index (κ1) is 48.9. The summed E-state index contributed by atoms with van der Waals surface area (Å²) in [6.07, 6.45) is -3.72. The topological polar surface area (TPSA) is 407 Å². The van der Waals surface area contributed by atoms with E-state index in [9.17, 15) is 82.6 Å². The van der Waals surface area contributed by atoms with E-state index >= 15 is 0 Å². The van der Waals surface area contributed by atoms with Crippen LogP contribution in [0.2, 0.25) is 0 Å². The summed E-state index contributed by atoms with van der Waals surface area (Å²) in [6.45, 7) is 1.46. The summed E-state index contributed by atoms with van der Waals surface area (Å²) in [5.41, 5.74) is -7.26. The summed E-state index contributed by atoms with van der Waals surface area (Å²) < 4.78 is 24.4. The van der Waals surface area contributed by atoms with Crippen molar-refractivity contribution in [3.63, 3.8) is 0 Å². The van der Waals surface area contributed by atoms with Gasteiger partial charge in [0.25, 0.3) is 5.66 Å². The van der Waals surface area contributed by atoms with E-state index in [4.69, 9.17) is 25.5 Å². The van der Waals surface area contributed by atoms with Gasteiger partial charge in [0, 0.05) is 37.2 Å². The van der Waals surface area contributed by atoms with Gasteiger partial charge in [-0.05, 0) is 6.66 Å². The Morgan fingerprint density at radius 2 is 0.833 bits per heavy atom. The number of aliphatic carboxylic acids is 10. The highest BCUT2D eigenvalue weighted by molar-refractivity contribution is 15.0. The van der Waals surface area contributed by atoms with Crippen molar-refractivity contribution in [2.75, 3.05) is 13.3 Å². The number of carboxylic acids is 10. The fraction of sp³-hybridized carbons (Fsp3) is 0.545. The molecule has 0 amide bonds. The van der Waals surface area contributed by atoms with Gasteiger partial charge in [-0.2, -0.15) is 0 Å². The maximum atomic E-state index is 13.4. The van der Waals surface area contributed by atoms with E-state index in [1.54, 1.807) is 0 Å². The van der Waals surface area contributed by atoms with Crippen molar-refractivity contribution < 1.29 is 108 Å². The Hall–Kier alpha value is -3.51. The van der Waals surface area contributed by atoms with Gasteiger partial charge in [0.05, 0.1) is 37.0 Å². The maximum Gasteiger partial charge on any atom is 0.356 e. The Morgan fingerprint density at radius 1 is 0.521 bits per heavy atom. The summed E-state index contributed by atoms with van der Waals surface area (Å²) in [6, 6.07) is 0. The van der Waals surface area contributed by atoms with E-state index in [1.807, 2.05) is 0 Å². The highest BCUT2D eigenvalue weighted by Gasteiger charge is 2.57. The lowest BCUT2D eigenvalue weighted by Gasteiger charge is -2.34. The van der Waals surface area contributed by atoms with Crippen LogP contribution in [0.15, 0.2) is 0 Å². The Bertz CT molecular complexity index is 1330. The van der Waals surface area contributed by atoms with Crippen molar-refractivity contribution in [1.29, 1.82) is 0 Å². The third-order valence-electron chi connectivity index (χ3n) is 6.21. The van der Waals surface area contributed by atoms with Crippen molar-refractivity contribution in [1.82, 2.24) is 0 Å². The molecule has 0 aromatic rings. The molecule has 9 atom stereocenters. The second-order valence-electron chi connectivity index (χ2n) is 9.45. The van der Waals surface area contributed by atoms with Crippen LogP contribution in [0.1, 0.15) is 19.3 Å². The van der Waals surface area contributed by atoms with Crippen LogP contribution in [0.25, 0.3) is 0 Å². The lowest BCUT2D eigenvalue weighted by molar-refractivity contribution is -0.159. The summed E-state index contributed by atoms with van der Waals surface area (Å²) in [4.78, 5) is 111. The van der Waals surface area contributed by atoms with Gasteiger partial charge < -0.3 is 55.6 Å². The average molecular weight is 961 g/mol. The van der Waals surface area contributed by atoms with E-state index in [0.717, 1.165) is 6.66 Å². The molecule has 0 aromatic carbocycles. The van der Waals surface area contributed by atoms with Crippen LogP contribution in [0.4, 0.5) is 0 Å². The summed E-state index contributed by atoms with van der Waals surface area (Å²) in [5, 5.41) is 90.0. The molecule has 0 aliphatic heterocycles. The fourth-order valence-corrected chi connectivity index (χ4v) is 8.52. The molecule has 272 valence electrons. The van der Waals surface area contributed by atoms with Crippen LogP contribution < -0.4 is 0 Å². The number of rotatable bonds is 20. The molecular weight excluding hydrogens is 932 g/mol. The number of carbonyl (C=O) groups is 10. The maximum absolute atomic E-state index is 13.4. The van der Waals surface area contributed by atoms with Gasteiger partial charge in [0.1, 0.15) is 31.0 Å². The Kier molecular flexibility index (Phi) is 22.6. The van der Waals surface area contributed by atoms with Crippen molar-refractivity contribution in [3.8, 4) is 0 Å². The van der Waals surface area contributed by atoms with Crippen molar-refractivity contribution >= 4 is 112 Å². The second-order valence-corrected chi connectivity index (χ2v) is 14.3. The number of carboxylic acid groups (broad SMARTS) is 10. The zero-order valence-corrected chi connectivity index (χ0v) is 30.3. The monoisotopic (exact) mass is 961 g/mol. The molecule has 48 heavy (non-hydrogen) atoms. The number of halogens is 2. The van der Waals surface area contributed by atoms with E-state index < -0.39 is 135 Å². The molecule has 0 aliphatic rings. The molecule has 0 radical (unpaired) electrons. The first-order valence-corrected chi connectivity index (χ1v) is 22.4. The highest BCUT2D eigenvalue weighted by atomic mass is 128. The minimum atomic E-state index is -5.12. The van der Waals surface area contributed by atoms with Crippen LogP contribution in [-0.2, 0) is 57.1 Å². The first-order valence-electron chi connectivity index (χ1n) is 12.1. The SMILES string of the molecule is CP(=O)(C(C(=O)O)C(CC(=O)O)C(=O)O)C(C(=O)O)C(C(=O)O)C(CC(=O)O)C(=O)O.C[P+](=O)C(C(=O)O)C(CC(=O)O)C(=O)O.II. The van der Waals surface area contributed by atoms with Crippen LogP contribution in [0, 0.1) is 23.7 Å². The van der Waals surface area contributed by atoms with E-state index in [0.29, 0.717) is 6.66 Å². The smallest absolute Gasteiger partial charge is 0.356 e. The molecule has 9 unspecified atom stereocenters. The van der Waals surface area contributed by atoms with E-state index in [1.165, 1.54) is 0 Å². The van der Waals surface area contributed by atoms with Gasteiger partial charge >= 0.3 is 67.5 Å². The predicted octanol–water partition coefficient (Wildman–Crippen LogP) is 0.781. The van der Waals surface area contributed by atoms with Crippen LogP contribution in [0.5, 0.6) is 0 Å². The first-order chi connectivity index (χ1) is 21.7. The molecule has 0 fully saturated rings. The van der Waals surface area contributed by atoms with E-state index in [2.05, 4.69) is 37.2 Å². The molecule has 0 rings (SSSR count). The summed E-state index contributed by atoms with van der Waals surface area (Å²) in [5.74, 6) is -28.6. The molecule has 0 heterocycles. The third-order valence-corrected chi connectivity index (χ3v) is 10.9. The molecule has 0 aliphatic carbocycles. The Balaban J connectivity index is -0.000000995. The number of hydrogen-bond donors (Lipinski definition) is 10. The standard InChI is InChI=1S/C15H19O15P.C7H9O7P.I2/c1-31(30,9(14(26)27)5(12(22)23)3-7(18)19)10(15(28)29)8(13(24)25)4(11(20)21)2-6(16)17;1-15(14)5(7(12)13)3(6(10)11)2-4(8)9;1-2/h4-5,8-10H,2-3H2,1H3,(H,16,17)(H,18,19)(H,20,21)(H,22,23)(H,24,25)(H,26,27)(H,28,29);3,5H,2H2,1H3,(H2-,8,9,10,11,12,13);/p+1. The number of hydrogen-bond acceptors (Lipinski definition) is 12. The second kappa shape index (κ2) is 22.2. The molecule has 10 N–H and O–H groups in total. The molecule has 0 aromatic heterocycles. The van der Waals surface area contributed by atoms with E-state index in [-0.39, 0.29) is 0 Å². The van der Waals surface area contributed by atoms with Gasteiger partial charge in [-0.25, -0.2) is 4.79 Å². The average Bonchev–Trinajstić information content (AvgIpc) is 2.89. The summed E-state index contributed by atoms with van der Waals surface area (Å²) >= 11 is 4.24. The Labute approximate surface area is 292 Å². The van der Waals surface area contributed by atoms with Crippen molar-refractivity contribution in [2.24, 2.45) is 23.7 Å². The minimum Gasteiger partial charge on any atom is -0.481 e. The Morgan fingerprint density at radius 3 is 1.06 bits per heavy atom. The minimum absolute atomic E-state index is 0.401. The van der Waals surface area contributed by atoms with Crippen LogP contribution >= 0.6 is 52.2 Å². The molecule has 0 bridgehead atoms. The van der Waals surface area contributed by atoms with Gasteiger partial charge in [-0.3, -0.25) is 43.2 Å². The normalized spacial score (nSPS) is 16.3. The van der Waals surface area contributed by atoms with Gasteiger partial charge in [0.15, 0.2) is 0 Å². The van der Waals surface area contributed by atoms with Gasteiger partial charge in [0.2, 0.25) is 0 Å². The molecule has 0 saturated heterocycles. The lowest BCUT2D eigenvalue weighted by Crippen LogP contribution is -2.47. The largest absolute Gasteiger partial charge is 0.481 e. The molecule has 0 saturated carbocycles. The predicted molar refractivity (Wildman–Crippen MR) is 171 cm³/mol. The van der Waals surface area contributed by atoms with Gasteiger partial charge in [-0.15, -0.1) is 0 Å². The summed E-state index contributed by atoms with van der Waals surface area (Å²) in [7, 11) is -7.42. The zero-order valence-electron chi connectivity index (χ0n) is 24.2. The lowest BCUT2D eigenvalue weighted by atomic mass is 9.86. The highest BCUT2D eigenvalue weighted by Crippen LogP contribution is 2.58.